The quantitative estimate of drug-likeness (QED) is 0.795. The number of ether oxygens (including phenoxy) is 1. The van der Waals surface area contributed by atoms with Crippen LogP contribution in [0.2, 0.25) is 0 Å². The van der Waals surface area contributed by atoms with E-state index in [9.17, 15) is 9.59 Å². The number of nitrogens with zero attached hydrogens (tertiary/aromatic N) is 1. The number of cyclic esters (lactones) is 1. The van der Waals surface area contributed by atoms with Crippen LogP contribution >= 0.6 is 0 Å². The molecule has 1 fully saturated rings. The predicted octanol–water partition coefficient (Wildman–Crippen LogP) is 2.69. The molecule has 1 aromatic rings. The van der Waals surface area contributed by atoms with Crippen LogP contribution in [-0.4, -0.2) is 29.9 Å². The summed E-state index contributed by atoms with van der Waals surface area (Å²) < 4.78 is 5.33. The Morgan fingerprint density at radius 3 is 2.75 bits per heavy atom. The molecule has 1 aromatic carbocycles. The van der Waals surface area contributed by atoms with Crippen molar-refractivity contribution in [3.8, 4) is 0 Å². The Kier molecular flexibility index (Phi) is 3.47. The maximum absolute atomic E-state index is 12.3. The minimum absolute atomic E-state index is 0.0615. The third-order valence-corrected chi connectivity index (χ3v) is 4.40. The largest absolute Gasteiger partial charge is 0.453 e. The van der Waals surface area contributed by atoms with E-state index in [4.69, 9.17) is 4.74 Å². The molecule has 1 heterocycles. The molecule has 3 rings (SSSR count). The summed E-state index contributed by atoms with van der Waals surface area (Å²) in [6.07, 6.45) is 4.39. The van der Waals surface area contributed by atoms with Gasteiger partial charge in [-0.05, 0) is 18.9 Å². The fraction of sp³-hybridized carbons (Fsp3) is 0.500. The summed E-state index contributed by atoms with van der Waals surface area (Å²) in [4.78, 5) is 25.9. The second-order valence-corrected chi connectivity index (χ2v) is 5.63. The molecule has 106 valence electrons. The van der Waals surface area contributed by atoms with Crippen molar-refractivity contribution in [2.24, 2.45) is 0 Å². The van der Waals surface area contributed by atoms with E-state index < -0.39 is 6.10 Å². The van der Waals surface area contributed by atoms with Gasteiger partial charge in [0.2, 0.25) is 5.91 Å². The van der Waals surface area contributed by atoms with Gasteiger partial charge in [-0.2, -0.15) is 0 Å². The molecule has 1 aliphatic heterocycles. The highest BCUT2D eigenvalue weighted by atomic mass is 16.5. The van der Waals surface area contributed by atoms with Gasteiger partial charge in [-0.15, -0.1) is 0 Å². The molecule has 1 atom stereocenters. The van der Waals surface area contributed by atoms with E-state index in [0.717, 1.165) is 18.4 Å². The van der Waals surface area contributed by atoms with Crippen LogP contribution < -0.4 is 0 Å². The lowest BCUT2D eigenvalue weighted by Gasteiger charge is -2.25. The van der Waals surface area contributed by atoms with Crippen molar-refractivity contribution >= 4 is 11.9 Å². The summed E-state index contributed by atoms with van der Waals surface area (Å²) in [5.74, 6) is -0.256. The number of benzene rings is 1. The summed E-state index contributed by atoms with van der Waals surface area (Å²) >= 11 is 0. The van der Waals surface area contributed by atoms with Crippen LogP contribution in [0.1, 0.15) is 54.1 Å². The van der Waals surface area contributed by atoms with Gasteiger partial charge in [0.25, 0.3) is 0 Å². The summed E-state index contributed by atoms with van der Waals surface area (Å²) in [6, 6.07) is 7.67. The van der Waals surface area contributed by atoms with E-state index in [2.05, 4.69) is 0 Å². The molecule has 0 saturated heterocycles. The van der Waals surface area contributed by atoms with Crippen molar-refractivity contribution in [3.63, 3.8) is 0 Å². The third-order valence-electron chi connectivity index (χ3n) is 4.40. The first-order valence-electron chi connectivity index (χ1n) is 7.22. The lowest BCUT2D eigenvalue weighted by Crippen LogP contribution is -2.35. The Labute approximate surface area is 118 Å². The number of carbonyl (C=O) groups excluding carboxylic acids is 2. The lowest BCUT2D eigenvalue weighted by atomic mass is 10.0. The van der Waals surface area contributed by atoms with Gasteiger partial charge in [-0.1, -0.05) is 31.0 Å². The second kappa shape index (κ2) is 5.27. The molecule has 4 nitrogen and oxygen atoms in total. The molecule has 1 amide bonds. The summed E-state index contributed by atoms with van der Waals surface area (Å²) in [5, 5.41) is 0. The number of amides is 1. The van der Waals surface area contributed by atoms with Gasteiger partial charge in [-0.3, -0.25) is 4.79 Å². The highest BCUT2D eigenvalue weighted by Gasteiger charge is 2.34. The van der Waals surface area contributed by atoms with Crippen molar-refractivity contribution in [2.75, 3.05) is 7.05 Å². The zero-order valence-corrected chi connectivity index (χ0v) is 11.7. The molecule has 1 unspecified atom stereocenters. The first-order valence-corrected chi connectivity index (χ1v) is 7.22. The van der Waals surface area contributed by atoms with E-state index in [1.54, 1.807) is 6.07 Å². The number of hydrogen-bond acceptors (Lipinski definition) is 3. The monoisotopic (exact) mass is 273 g/mol. The SMILES string of the molecule is CN(C(=O)CC1OC(=O)c2ccccc21)C1CCCC1. The normalized spacial score (nSPS) is 21.6. The summed E-state index contributed by atoms with van der Waals surface area (Å²) in [7, 11) is 1.86. The molecule has 4 heteroatoms. The van der Waals surface area contributed by atoms with Crippen molar-refractivity contribution in [1.82, 2.24) is 4.90 Å². The zero-order valence-electron chi connectivity index (χ0n) is 11.7. The first-order chi connectivity index (χ1) is 9.66. The minimum atomic E-state index is -0.421. The Morgan fingerprint density at radius 1 is 1.30 bits per heavy atom. The molecule has 1 aliphatic carbocycles. The van der Waals surface area contributed by atoms with Gasteiger partial charge < -0.3 is 9.64 Å². The Morgan fingerprint density at radius 2 is 2.00 bits per heavy atom. The topological polar surface area (TPSA) is 46.6 Å². The molecular formula is C16H19NO3. The molecule has 0 bridgehead atoms. The fourth-order valence-electron chi connectivity index (χ4n) is 3.17. The molecule has 0 aromatic heterocycles. The maximum atomic E-state index is 12.3. The van der Waals surface area contributed by atoms with Crippen molar-refractivity contribution in [2.45, 2.75) is 44.2 Å². The van der Waals surface area contributed by atoms with Gasteiger partial charge in [0.15, 0.2) is 0 Å². The van der Waals surface area contributed by atoms with Crippen LogP contribution in [0.15, 0.2) is 24.3 Å². The van der Waals surface area contributed by atoms with E-state index in [1.807, 2.05) is 30.1 Å². The van der Waals surface area contributed by atoms with Gasteiger partial charge in [-0.25, -0.2) is 4.79 Å². The zero-order chi connectivity index (χ0) is 14.1. The van der Waals surface area contributed by atoms with Crippen molar-refractivity contribution in [3.05, 3.63) is 35.4 Å². The maximum Gasteiger partial charge on any atom is 0.339 e. The molecule has 1 saturated carbocycles. The van der Waals surface area contributed by atoms with Crippen LogP contribution in [-0.2, 0) is 9.53 Å². The average molecular weight is 273 g/mol. The Balaban J connectivity index is 1.69. The third kappa shape index (κ3) is 2.30. The molecule has 20 heavy (non-hydrogen) atoms. The van der Waals surface area contributed by atoms with Crippen LogP contribution in [0, 0.1) is 0 Å². The summed E-state index contributed by atoms with van der Waals surface area (Å²) in [5.41, 5.74) is 1.43. The predicted molar refractivity (Wildman–Crippen MR) is 74.2 cm³/mol. The molecule has 0 spiro atoms. The molecule has 2 aliphatic rings. The van der Waals surface area contributed by atoms with E-state index in [-0.39, 0.29) is 18.3 Å². The lowest BCUT2D eigenvalue weighted by molar-refractivity contribution is -0.133. The number of hydrogen-bond donors (Lipinski definition) is 0. The van der Waals surface area contributed by atoms with E-state index in [0.29, 0.717) is 11.6 Å². The number of fused-ring (bicyclic) bond motifs is 1. The van der Waals surface area contributed by atoms with Crippen LogP contribution in [0.3, 0.4) is 0 Å². The van der Waals surface area contributed by atoms with Crippen molar-refractivity contribution < 1.29 is 14.3 Å². The number of esters is 1. The highest BCUT2D eigenvalue weighted by Crippen LogP contribution is 2.33. The smallest absolute Gasteiger partial charge is 0.339 e. The van der Waals surface area contributed by atoms with E-state index in [1.165, 1.54) is 12.8 Å². The average Bonchev–Trinajstić information content (AvgIpc) is 3.08. The highest BCUT2D eigenvalue weighted by molar-refractivity contribution is 5.94. The molecular weight excluding hydrogens is 254 g/mol. The second-order valence-electron chi connectivity index (χ2n) is 5.63. The van der Waals surface area contributed by atoms with Gasteiger partial charge in [0.05, 0.1) is 12.0 Å². The number of carbonyl (C=O) groups is 2. The summed E-state index contributed by atoms with van der Waals surface area (Å²) in [6.45, 7) is 0. The first kappa shape index (κ1) is 13.2. The van der Waals surface area contributed by atoms with Gasteiger partial charge in [0, 0.05) is 18.7 Å². The number of rotatable bonds is 3. The Bertz CT molecular complexity index is 534. The van der Waals surface area contributed by atoms with E-state index >= 15 is 0 Å². The minimum Gasteiger partial charge on any atom is -0.453 e. The van der Waals surface area contributed by atoms with Crippen LogP contribution in [0.25, 0.3) is 0 Å². The molecule has 0 N–H and O–H groups in total. The van der Waals surface area contributed by atoms with Crippen LogP contribution in [0.4, 0.5) is 0 Å². The Hall–Kier alpha value is -1.84. The van der Waals surface area contributed by atoms with Crippen LogP contribution in [0.5, 0.6) is 0 Å². The van der Waals surface area contributed by atoms with Crippen molar-refractivity contribution in [1.29, 1.82) is 0 Å². The molecule has 0 radical (unpaired) electrons. The fourth-order valence-corrected chi connectivity index (χ4v) is 3.17. The standard InChI is InChI=1S/C16H19NO3/c1-17(11-6-2-3-7-11)15(18)10-14-12-8-4-5-9-13(12)16(19)20-14/h4-5,8-9,11,14H,2-3,6-7,10H2,1H3. The van der Waals surface area contributed by atoms with Gasteiger partial charge >= 0.3 is 5.97 Å². The van der Waals surface area contributed by atoms with Gasteiger partial charge in [0.1, 0.15) is 6.10 Å².